The third kappa shape index (κ3) is 2.08. The zero-order valence-corrected chi connectivity index (χ0v) is 8.69. The molecule has 0 bridgehead atoms. The number of aromatic amines is 1. The zero-order valence-electron chi connectivity index (χ0n) is 8.69. The summed E-state index contributed by atoms with van der Waals surface area (Å²) in [6.45, 7) is 1.16. The SMILES string of the molecule is CC(=O)COC(=O)c1cnc2[nH]ccc2c1. The van der Waals surface area contributed by atoms with E-state index in [0.29, 0.717) is 11.2 Å². The quantitative estimate of drug-likeness (QED) is 0.788. The Kier molecular flexibility index (Phi) is 2.68. The standard InChI is InChI=1S/C11H10N2O3/c1-7(14)6-16-11(15)9-4-8-2-3-12-10(8)13-5-9/h2-5H,6H2,1H3,(H,12,13). The van der Waals surface area contributed by atoms with Crippen molar-refractivity contribution in [1.29, 1.82) is 0 Å². The molecule has 2 rings (SSSR count). The Morgan fingerprint density at radius 2 is 2.31 bits per heavy atom. The minimum absolute atomic E-state index is 0.191. The number of carbonyl (C=O) groups excluding carboxylic acids is 2. The molecule has 0 radical (unpaired) electrons. The maximum absolute atomic E-state index is 11.5. The fourth-order valence-corrected chi connectivity index (χ4v) is 1.30. The number of hydrogen-bond donors (Lipinski definition) is 1. The molecule has 0 saturated carbocycles. The van der Waals surface area contributed by atoms with Crippen molar-refractivity contribution in [2.75, 3.05) is 6.61 Å². The van der Waals surface area contributed by atoms with Crippen molar-refractivity contribution in [2.45, 2.75) is 6.92 Å². The van der Waals surface area contributed by atoms with Crippen LogP contribution >= 0.6 is 0 Å². The van der Waals surface area contributed by atoms with E-state index in [2.05, 4.69) is 9.97 Å². The van der Waals surface area contributed by atoms with Crippen molar-refractivity contribution in [3.8, 4) is 0 Å². The van der Waals surface area contributed by atoms with Crippen LogP contribution in [0.5, 0.6) is 0 Å². The van der Waals surface area contributed by atoms with Gasteiger partial charge in [-0.15, -0.1) is 0 Å². The molecule has 0 aliphatic rings. The summed E-state index contributed by atoms with van der Waals surface area (Å²) in [5.74, 6) is -0.727. The van der Waals surface area contributed by atoms with Crippen LogP contribution in [0.1, 0.15) is 17.3 Å². The molecule has 0 aliphatic heterocycles. The topological polar surface area (TPSA) is 72.1 Å². The van der Waals surface area contributed by atoms with E-state index in [1.807, 2.05) is 6.07 Å². The van der Waals surface area contributed by atoms with E-state index in [-0.39, 0.29) is 12.4 Å². The van der Waals surface area contributed by atoms with Gasteiger partial charge in [0, 0.05) is 17.8 Å². The van der Waals surface area contributed by atoms with Gasteiger partial charge >= 0.3 is 5.97 Å². The molecular formula is C11H10N2O3. The lowest BCUT2D eigenvalue weighted by molar-refractivity contribution is -0.120. The molecule has 0 atom stereocenters. The third-order valence-corrected chi connectivity index (χ3v) is 2.04. The van der Waals surface area contributed by atoms with Gasteiger partial charge in [-0.1, -0.05) is 0 Å². The zero-order chi connectivity index (χ0) is 11.5. The largest absolute Gasteiger partial charge is 0.454 e. The Bertz CT molecular complexity index is 545. The lowest BCUT2D eigenvalue weighted by Gasteiger charge is -2.01. The highest BCUT2D eigenvalue weighted by Gasteiger charge is 2.09. The second-order valence-corrected chi connectivity index (χ2v) is 3.42. The molecule has 0 fully saturated rings. The van der Waals surface area contributed by atoms with Crippen molar-refractivity contribution in [3.05, 3.63) is 30.1 Å². The number of ketones is 1. The van der Waals surface area contributed by atoms with Crippen molar-refractivity contribution in [1.82, 2.24) is 9.97 Å². The van der Waals surface area contributed by atoms with Crippen LogP contribution in [0.4, 0.5) is 0 Å². The lowest BCUT2D eigenvalue weighted by Crippen LogP contribution is -2.11. The first-order chi connectivity index (χ1) is 7.66. The molecule has 5 heteroatoms. The van der Waals surface area contributed by atoms with Gasteiger partial charge in [0.2, 0.25) is 0 Å². The van der Waals surface area contributed by atoms with Gasteiger partial charge in [0.25, 0.3) is 0 Å². The number of aromatic nitrogens is 2. The maximum atomic E-state index is 11.5. The third-order valence-electron chi connectivity index (χ3n) is 2.04. The molecule has 0 aromatic carbocycles. The molecule has 5 nitrogen and oxygen atoms in total. The Morgan fingerprint density at radius 1 is 1.50 bits per heavy atom. The van der Waals surface area contributed by atoms with Crippen LogP contribution in [0.15, 0.2) is 24.5 Å². The van der Waals surface area contributed by atoms with Crippen LogP contribution in [0.2, 0.25) is 0 Å². The number of pyridine rings is 1. The van der Waals surface area contributed by atoms with Gasteiger partial charge in [0.15, 0.2) is 5.78 Å². The molecule has 0 aliphatic carbocycles. The molecular weight excluding hydrogens is 208 g/mol. The Hall–Kier alpha value is -2.17. The van der Waals surface area contributed by atoms with E-state index >= 15 is 0 Å². The van der Waals surface area contributed by atoms with E-state index < -0.39 is 5.97 Å². The van der Waals surface area contributed by atoms with Gasteiger partial charge in [0.05, 0.1) is 5.56 Å². The predicted octanol–water partition coefficient (Wildman–Crippen LogP) is 1.31. The molecule has 0 amide bonds. The van der Waals surface area contributed by atoms with Crippen LogP contribution in [0.25, 0.3) is 11.0 Å². The molecule has 1 N–H and O–H groups in total. The summed E-state index contributed by atoms with van der Waals surface area (Å²) >= 11 is 0. The second kappa shape index (κ2) is 4.14. The number of nitrogens with zero attached hydrogens (tertiary/aromatic N) is 1. The normalized spacial score (nSPS) is 10.3. The highest BCUT2D eigenvalue weighted by atomic mass is 16.5. The summed E-state index contributed by atoms with van der Waals surface area (Å²) in [5, 5.41) is 0.831. The van der Waals surface area contributed by atoms with Gasteiger partial charge in [-0.2, -0.15) is 0 Å². The number of ether oxygens (including phenoxy) is 1. The fraction of sp³-hybridized carbons (Fsp3) is 0.182. The fourth-order valence-electron chi connectivity index (χ4n) is 1.30. The Morgan fingerprint density at radius 3 is 3.06 bits per heavy atom. The summed E-state index contributed by atoms with van der Waals surface area (Å²) in [7, 11) is 0. The summed E-state index contributed by atoms with van der Waals surface area (Å²) in [6, 6.07) is 3.48. The van der Waals surface area contributed by atoms with Crippen LogP contribution in [0.3, 0.4) is 0 Å². The first-order valence-electron chi connectivity index (χ1n) is 4.76. The van der Waals surface area contributed by atoms with Crippen molar-refractivity contribution in [2.24, 2.45) is 0 Å². The number of nitrogens with one attached hydrogen (secondary N) is 1. The van der Waals surface area contributed by atoms with E-state index in [1.165, 1.54) is 13.1 Å². The van der Waals surface area contributed by atoms with Crippen LogP contribution in [-0.2, 0) is 9.53 Å². The van der Waals surface area contributed by atoms with E-state index in [9.17, 15) is 9.59 Å². The maximum Gasteiger partial charge on any atom is 0.340 e. The highest BCUT2D eigenvalue weighted by Crippen LogP contribution is 2.11. The molecule has 16 heavy (non-hydrogen) atoms. The number of fused-ring (bicyclic) bond motifs is 1. The molecule has 82 valence electrons. The molecule has 2 aromatic rings. The van der Waals surface area contributed by atoms with Gasteiger partial charge in [-0.3, -0.25) is 4.79 Å². The summed E-state index contributed by atoms with van der Waals surface area (Å²) < 4.78 is 4.78. The average Bonchev–Trinajstić information content (AvgIpc) is 2.72. The number of H-pyrrole nitrogens is 1. The van der Waals surface area contributed by atoms with Crippen LogP contribution in [0, 0.1) is 0 Å². The summed E-state index contributed by atoms with van der Waals surface area (Å²) in [6.07, 6.45) is 3.16. The minimum Gasteiger partial charge on any atom is -0.454 e. The number of rotatable bonds is 3. The van der Waals surface area contributed by atoms with Crippen molar-refractivity contribution < 1.29 is 14.3 Å². The second-order valence-electron chi connectivity index (χ2n) is 3.42. The number of esters is 1. The van der Waals surface area contributed by atoms with Crippen LogP contribution in [-0.4, -0.2) is 28.3 Å². The van der Waals surface area contributed by atoms with Gasteiger partial charge in [-0.05, 0) is 19.1 Å². The number of Topliss-reactive ketones (excluding diaryl/α,β-unsaturated/α-hetero) is 1. The van der Waals surface area contributed by atoms with Gasteiger partial charge in [0.1, 0.15) is 12.3 Å². The molecule has 2 heterocycles. The van der Waals surface area contributed by atoms with Gasteiger partial charge in [-0.25, -0.2) is 9.78 Å². The lowest BCUT2D eigenvalue weighted by atomic mass is 10.2. The van der Waals surface area contributed by atoms with E-state index in [1.54, 1.807) is 12.3 Å². The number of hydrogen-bond acceptors (Lipinski definition) is 4. The first kappa shape index (κ1) is 10.4. The van der Waals surface area contributed by atoms with Crippen molar-refractivity contribution >= 4 is 22.8 Å². The molecule has 0 unspecified atom stereocenters. The van der Waals surface area contributed by atoms with Gasteiger partial charge < -0.3 is 9.72 Å². The number of carbonyl (C=O) groups is 2. The minimum atomic E-state index is -0.536. The van der Waals surface area contributed by atoms with E-state index in [0.717, 1.165) is 5.39 Å². The first-order valence-corrected chi connectivity index (χ1v) is 4.76. The van der Waals surface area contributed by atoms with E-state index in [4.69, 9.17) is 4.74 Å². The highest BCUT2D eigenvalue weighted by molar-refractivity contribution is 5.94. The molecule has 2 aromatic heterocycles. The Labute approximate surface area is 91.4 Å². The smallest absolute Gasteiger partial charge is 0.340 e. The molecule has 0 saturated heterocycles. The summed E-state index contributed by atoms with van der Waals surface area (Å²) in [4.78, 5) is 29.1. The van der Waals surface area contributed by atoms with Crippen LogP contribution < -0.4 is 0 Å². The monoisotopic (exact) mass is 218 g/mol. The van der Waals surface area contributed by atoms with Crippen molar-refractivity contribution in [3.63, 3.8) is 0 Å². The summed E-state index contributed by atoms with van der Waals surface area (Å²) in [5.41, 5.74) is 1.05. The predicted molar refractivity (Wildman–Crippen MR) is 57.1 cm³/mol. The molecule has 0 spiro atoms. The average molecular weight is 218 g/mol. The Balaban J connectivity index is 2.19.